The van der Waals surface area contributed by atoms with Crippen LogP contribution < -0.4 is 5.32 Å². The van der Waals surface area contributed by atoms with Gasteiger partial charge in [-0.15, -0.1) is 0 Å². The first-order chi connectivity index (χ1) is 9.55. The Morgan fingerprint density at radius 3 is 2.65 bits per heavy atom. The summed E-state index contributed by atoms with van der Waals surface area (Å²) in [4.78, 5) is 27.6. The number of halogens is 1. The lowest BCUT2D eigenvalue weighted by atomic mass is 9.74. The van der Waals surface area contributed by atoms with E-state index in [1.807, 2.05) is 0 Å². The number of carboxylic acids is 1. The molecule has 1 aliphatic carbocycles. The number of carbonyl (C=O) groups excluding carboxylic acids is 1. The number of carbonyl (C=O) groups is 2. The second kappa shape index (κ2) is 6.35. The topological polar surface area (TPSA) is 79.3 Å². The van der Waals surface area contributed by atoms with Crippen LogP contribution in [0, 0.1) is 5.41 Å². The quantitative estimate of drug-likeness (QED) is 0.825. The fraction of sp³-hybridized carbons (Fsp3) is 0.500. The molecule has 5 nitrogen and oxygen atoms in total. The number of hydrogen-bond donors (Lipinski definition) is 2. The molecule has 2 N–H and O–H groups in total. The fourth-order valence-corrected chi connectivity index (χ4v) is 3.03. The molecule has 1 amide bonds. The van der Waals surface area contributed by atoms with Crippen molar-refractivity contribution in [2.45, 2.75) is 32.1 Å². The SMILES string of the molecule is O=C(NCC1(C(=O)O)CCCCC1)c1cccnc1Br. The molecule has 0 aromatic carbocycles. The molecule has 1 heterocycles. The lowest BCUT2D eigenvalue weighted by molar-refractivity contribution is -0.150. The Labute approximate surface area is 125 Å². The largest absolute Gasteiger partial charge is 0.481 e. The minimum Gasteiger partial charge on any atom is -0.481 e. The van der Waals surface area contributed by atoms with Gasteiger partial charge in [0.25, 0.3) is 5.91 Å². The summed E-state index contributed by atoms with van der Waals surface area (Å²) in [5, 5.41) is 12.2. The van der Waals surface area contributed by atoms with Crippen molar-refractivity contribution in [3.05, 3.63) is 28.5 Å². The molecule has 1 saturated carbocycles. The van der Waals surface area contributed by atoms with Crippen LogP contribution in [0.2, 0.25) is 0 Å². The second-order valence-corrected chi connectivity index (χ2v) is 5.92. The lowest BCUT2D eigenvalue weighted by Gasteiger charge is -2.33. The van der Waals surface area contributed by atoms with Gasteiger partial charge in [0.15, 0.2) is 0 Å². The number of rotatable bonds is 4. The summed E-state index contributed by atoms with van der Waals surface area (Å²) in [6.45, 7) is 0.169. The van der Waals surface area contributed by atoms with Crippen LogP contribution in [0.3, 0.4) is 0 Å². The summed E-state index contributed by atoms with van der Waals surface area (Å²) in [6, 6.07) is 3.33. The number of pyridine rings is 1. The van der Waals surface area contributed by atoms with E-state index in [9.17, 15) is 14.7 Å². The van der Waals surface area contributed by atoms with Gasteiger partial charge < -0.3 is 10.4 Å². The van der Waals surface area contributed by atoms with Crippen LogP contribution in [-0.2, 0) is 4.79 Å². The van der Waals surface area contributed by atoms with Crippen LogP contribution in [0.15, 0.2) is 22.9 Å². The molecule has 0 aliphatic heterocycles. The molecule has 1 aromatic heterocycles. The molecule has 1 fully saturated rings. The maximum atomic E-state index is 12.1. The summed E-state index contributed by atoms with van der Waals surface area (Å²) in [5.74, 6) is -1.11. The molecular weight excluding hydrogens is 324 g/mol. The van der Waals surface area contributed by atoms with Gasteiger partial charge in [-0.3, -0.25) is 9.59 Å². The predicted octanol–water partition coefficient (Wildman–Crippen LogP) is 2.61. The van der Waals surface area contributed by atoms with E-state index in [0.717, 1.165) is 19.3 Å². The third-order valence-electron chi connectivity index (χ3n) is 3.86. The van der Waals surface area contributed by atoms with Gasteiger partial charge in [-0.25, -0.2) is 4.98 Å². The average molecular weight is 341 g/mol. The molecule has 0 radical (unpaired) electrons. The van der Waals surface area contributed by atoms with E-state index in [1.54, 1.807) is 18.3 Å². The van der Waals surface area contributed by atoms with E-state index < -0.39 is 11.4 Å². The van der Waals surface area contributed by atoms with Crippen molar-refractivity contribution >= 4 is 27.8 Å². The van der Waals surface area contributed by atoms with E-state index in [2.05, 4.69) is 26.2 Å². The third-order valence-corrected chi connectivity index (χ3v) is 4.49. The van der Waals surface area contributed by atoms with Gasteiger partial charge in [-0.2, -0.15) is 0 Å². The highest BCUT2D eigenvalue weighted by atomic mass is 79.9. The van der Waals surface area contributed by atoms with Crippen LogP contribution in [0.25, 0.3) is 0 Å². The fourth-order valence-electron chi connectivity index (χ4n) is 2.59. The first kappa shape index (κ1) is 15.0. The van der Waals surface area contributed by atoms with Gasteiger partial charge in [0.2, 0.25) is 0 Å². The van der Waals surface area contributed by atoms with E-state index >= 15 is 0 Å². The molecular formula is C14H17BrN2O3. The van der Waals surface area contributed by atoms with Gasteiger partial charge in [0.1, 0.15) is 4.60 Å². The van der Waals surface area contributed by atoms with Crippen LogP contribution >= 0.6 is 15.9 Å². The predicted molar refractivity (Wildman–Crippen MR) is 77.4 cm³/mol. The van der Waals surface area contributed by atoms with E-state index in [0.29, 0.717) is 23.0 Å². The van der Waals surface area contributed by atoms with Crippen LogP contribution in [0.1, 0.15) is 42.5 Å². The molecule has 108 valence electrons. The van der Waals surface area contributed by atoms with Crippen molar-refractivity contribution < 1.29 is 14.7 Å². The zero-order valence-electron chi connectivity index (χ0n) is 11.1. The van der Waals surface area contributed by atoms with E-state index in [1.165, 1.54) is 0 Å². The highest BCUT2D eigenvalue weighted by molar-refractivity contribution is 9.10. The summed E-state index contributed by atoms with van der Waals surface area (Å²) < 4.78 is 0.463. The molecule has 1 aliphatic rings. The third kappa shape index (κ3) is 3.17. The summed E-state index contributed by atoms with van der Waals surface area (Å²) in [5.41, 5.74) is -0.397. The monoisotopic (exact) mass is 340 g/mol. The minimum absolute atomic E-state index is 0.169. The number of nitrogens with zero attached hydrogens (tertiary/aromatic N) is 1. The van der Waals surface area contributed by atoms with Crippen molar-refractivity contribution in [2.75, 3.05) is 6.54 Å². The second-order valence-electron chi connectivity index (χ2n) is 5.17. The Kier molecular flexibility index (Phi) is 4.75. The number of carboxylic acid groups (broad SMARTS) is 1. The minimum atomic E-state index is -0.817. The molecule has 1 aromatic rings. The number of hydrogen-bond acceptors (Lipinski definition) is 3. The summed E-state index contributed by atoms with van der Waals surface area (Å²) in [7, 11) is 0. The first-order valence-electron chi connectivity index (χ1n) is 6.67. The van der Waals surface area contributed by atoms with Gasteiger partial charge in [-0.05, 0) is 40.9 Å². The molecule has 6 heteroatoms. The average Bonchev–Trinajstić information content (AvgIpc) is 2.46. The summed E-state index contributed by atoms with van der Waals surface area (Å²) >= 11 is 3.22. The van der Waals surface area contributed by atoms with Crippen molar-refractivity contribution in [3.63, 3.8) is 0 Å². The van der Waals surface area contributed by atoms with E-state index in [4.69, 9.17) is 0 Å². The number of nitrogens with one attached hydrogen (secondary N) is 1. The highest BCUT2D eigenvalue weighted by Gasteiger charge is 2.39. The van der Waals surface area contributed by atoms with Gasteiger partial charge >= 0.3 is 5.97 Å². The number of amides is 1. The Bertz CT molecular complexity index is 513. The van der Waals surface area contributed by atoms with Crippen molar-refractivity contribution in [2.24, 2.45) is 5.41 Å². The molecule has 0 bridgehead atoms. The smallest absolute Gasteiger partial charge is 0.311 e. The normalized spacial score (nSPS) is 17.4. The van der Waals surface area contributed by atoms with Crippen LogP contribution in [-0.4, -0.2) is 28.5 Å². The Morgan fingerprint density at radius 2 is 2.05 bits per heavy atom. The summed E-state index contributed by atoms with van der Waals surface area (Å²) in [6.07, 6.45) is 5.70. The molecule has 0 unspecified atom stereocenters. The number of aromatic nitrogens is 1. The standard InChI is InChI=1S/C14H17BrN2O3/c15-11-10(5-4-8-16-11)12(18)17-9-14(13(19)20)6-2-1-3-7-14/h4-5,8H,1-3,6-7,9H2,(H,17,18)(H,19,20). The Balaban J connectivity index is 2.05. The Morgan fingerprint density at radius 1 is 1.35 bits per heavy atom. The van der Waals surface area contributed by atoms with Crippen LogP contribution in [0.4, 0.5) is 0 Å². The highest BCUT2D eigenvalue weighted by Crippen LogP contribution is 2.36. The zero-order chi connectivity index (χ0) is 14.6. The van der Waals surface area contributed by atoms with Gasteiger partial charge in [-0.1, -0.05) is 19.3 Å². The molecule has 0 spiro atoms. The molecule has 0 saturated heterocycles. The number of aliphatic carboxylic acids is 1. The maximum Gasteiger partial charge on any atom is 0.311 e. The van der Waals surface area contributed by atoms with E-state index in [-0.39, 0.29) is 12.5 Å². The maximum absolute atomic E-state index is 12.1. The zero-order valence-corrected chi connectivity index (χ0v) is 12.6. The van der Waals surface area contributed by atoms with Crippen molar-refractivity contribution in [1.82, 2.24) is 10.3 Å². The first-order valence-corrected chi connectivity index (χ1v) is 7.47. The van der Waals surface area contributed by atoms with Crippen LogP contribution in [0.5, 0.6) is 0 Å². The van der Waals surface area contributed by atoms with Gasteiger partial charge in [0.05, 0.1) is 11.0 Å². The van der Waals surface area contributed by atoms with Crippen molar-refractivity contribution in [1.29, 1.82) is 0 Å². The lowest BCUT2D eigenvalue weighted by Crippen LogP contribution is -2.44. The Hall–Kier alpha value is -1.43. The molecule has 0 atom stereocenters. The van der Waals surface area contributed by atoms with Crippen molar-refractivity contribution in [3.8, 4) is 0 Å². The molecule has 20 heavy (non-hydrogen) atoms. The molecule has 2 rings (SSSR count). The van der Waals surface area contributed by atoms with Gasteiger partial charge in [0, 0.05) is 12.7 Å².